The molecule has 0 spiro atoms. The maximum atomic E-state index is 9.86. The molecule has 0 saturated heterocycles. The molecular formula is C55H41N. The average molecular weight is 735 g/mol. The fourth-order valence-electron chi connectivity index (χ4n) is 7.50. The summed E-state index contributed by atoms with van der Waals surface area (Å²) in [4.78, 5) is 1.59. The molecule has 0 saturated carbocycles. The van der Waals surface area contributed by atoms with Crippen LogP contribution in [-0.2, 0) is 5.41 Å². The zero-order chi connectivity index (χ0) is 54.2. The first-order valence-electron chi connectivity index (χ1n) is 27.5. The lowest BCUT2D eigenvalue weighted by atomic mass is 9.82. The molecule has 0 heterocycles. The van der Waals surface area contributed by atoms with Crippen LogP contribution in [0.1, 0.15) is 51.0 Å². The average Bonchev–Trinajstić information content (AvgIpc) is 3.64. The van der Waals surface area contributed by atoms with Crippen molar-refractivity contribution in [3.8, 4) is 55.6 Å². The van der Waals surface area contributed by atoms with E-state index in [2.05, 4.69) is 19.9 Å². The summed E-state index contributed by atoms with van der Waals surface area (Å²) in [7, 11) is 0. The second kappa shape index (κ2) is 13.7. The van der Waals surface area contributed by atoms with Crippen LogP contribution in [0.25, 0.3) is 66.4 Å². The van der Waals surface area contributed by atoms with Gasteiger partial charge in [0.1, 0.15) is 0 Å². The van der Waals surface area contributed by atoms with Crippen molar-refractivity contribution >= 4 is 27.8 Å². The van der Waals surface area contributed by atoms with Crippen LogP contribution >= 0.6 is 0 Å². The molecule has 0 aromatic heterocycles. The van der Waals surface area contributed by atoms with Gasteiger partial charge in [-0.3, -0.25) is 0 Å². The third kappa shape index (κ3) is 5.81. The molecule has 9 aromatic rings. The molecular weight excluding hydrogens is 675 g/mol. The van der Waals surface area contributed by atoms with Gasteiger partial charge in [-0.15, -0.1) is 0 Å². The Bertz CT molecular complexity index is 3880. The van der Waals surface area contributed by atoms with E-state index >= 15 is 0 Å². The summed E-state index contributed by atoms with van der Waals surface area (Å²) in [6, 6.07) is 14.8. The minimum atomic E-state index is -0.969. The Kier molecular flexibility index (Phi) is 4.67. The van der Waals surface area contributed by atoms with E-state index in [0.29, 0.717) is 11.4 Å². The van der Waals surface area contributed by atoms with Crippen LogP contribution in [-0.4, -0.2) is 0 Å². The number of hydrogen-bond acceptors (Lipinski definition) is 1. The molecule has 1 heteroatoms. The molecule has 0 N–H and O–H groups in total. The lowest BCUT2D eigenvalue weighted by Gasteiger charge is -2.28. The van der Waals surface area contributed by atoms with Crippen molar-refractivity contribution in [1.29, 1.82) is 0 Å². The molecule has 56 heavy (non-hydrogen) atoms. The fraction of sp³-hybridized carbons (Fsp3) is 0.0545. The molecule has 0 radical (unpaired) electrons. The summed E-state index contributed by atoms with van der Waals surface area (Å²) in [5.41, 5.74) is 1.89. The zero-order valence-corrected chi connectivity index (χ0v) is 30.2. The molecule has 0 amide bonds. The van der Waals surface area contributed by atoms with E-state index in [-0.39, 0.29) is 5.69 Å². The van der Waals surface area contributed by atoms with Gasteiger partial charge >= 0.3 is 0 Å². The van der Waals surface area contributed by atoms with Gasteiger partial charge in [0.15, 0.2) is 0 Å². The standard InChI is InChI=1S/C55H41N/c1-55(2)52-20-12-11-19-50(52)51-36-34-47(37-53(51)55)56(45-30-25-41(26-31-45)39-15-7-4-8-16-39)46-32-27-43(28-33-46)49-35-29-42-17-9-10-18-48(42)54(49)44-23-21-40(22-24-44)38-13-5-3-6-14-38/h3-37H,1-2H3/i3D,5D,6D,9D,10D,13D,14D,17D,18D,21D,22D,23D,24D,27D,28D,29D,32D,33D,35D. The minimum absolute atomic E-state index is 0.233. The quantitative estimate of drug-likeness (QED) is 0.158. The first-order valence-corrected chi connectivity index (χ1v) is 18.0. The SMILES string of the molecule is [2H]c1c([2H])c([2H])c(-c2c([2H])c([2H])c(-c3c(-c4c([2H])c([2H])c(N(c5ccc(-c6ccccc6)cc5)c5ccc6c(c5)C(C)(C)c5ccccc5-6)c([2H])c4[2H])c([2H])c([2H])c4c([2H])c([2H])c([2H])c([2H])c34)c([2H])c2[2H])c([2H])c1[2H]. The Morgan fingerprint density at radius 3 is 1.79 bits per heavy atom. The summed E-state index contributed by atoms with van der Waals surface area (Å²) in [6.07, 6.45) is 0. The second-order valence-electron chi connectivity index (χ2n) is 13.9. The summed E-state index contributed by atoms with van der Waals surface area (Å²) in [6.45, 7) is 4.18. The number of benzene rings is 9. The molecule has 9 aromatic carbocycles. The van der Waals surface area contributed by atoms with Crippen molar-refractivity contribution in [3.63, 3.8) is 0 Å². The van der Waals surface area contributed by atoms with Gasteiger partial charge in [0.2, 0.25) is 0 Å². The first-order chi connectivity index (χ1) is 35.4. The van der Waals surface area contributed by atoms with Crippen LogP contribution in [0.5, 0.6) is 0 Å². The third-order valence-corrected chi connectivity index (χ3v) is 10.3. The largest absolute Gasteiger partial charge is 0.310 e. The molecule has 1 aliphatic carbocycles. The van der Waals surface area contributed by atoms with Gasteiger partial charge in [-0.2, -0.15) is 0 Å². The van der Waals surface area contributed by atoms with E-state index in [1.54, 1.807) is 17.0 Å². The van der Waals surface area contributed by atoms with Crippen LogP contribution in [0.4, 0.5) is 17.1 Å². The van der Waals surface area contributed by atoms with Crippen molar-refractivity contribution in [2.24, 2.45) is 0 Å². The fourth-order valence-corrected chi connectivity index (χ4v) is 7.50. The molecule has 1 aliphatic rings. The molecule has 0 bridgehead atoms. The van der Waals surface area contributed by atoms with E-state index in [1.807, 2.05) is 78.9 Å². The van der Waals surface area contributed by atoms with Crippen LogP contribution in [0, 0.1) is 0 Å². The van der Waals surface area contributed by atoms with Gasteiger partial charge in [-0.1, -0.05) is 189 Å². The Labute approximate surface area is 356 Å². The van der Waals surface area contributed by atoms with Gasteiger partial charge < -0.3 is 4.90 Å². The molecule has 1 nitrogen and oxygen atoms in total. The zero-order valence-electron chi connectivity index (χ0n) is 49.2. The Morgan fingerprint density at radius 1 is 0.393 bits per heavy atom. The summed E-state index contributed by atoms with van der Waals surface area (Å²) in [5.74, 6) is 0. The smallest absolute Gasteiger partial charge is 0.0645 e. The monoisotopic (exact) mass is 734 g/mol. The highest BCUT2D eigenvalue weighted by Gasteiger charge is 2.35. The van der Waals surface area contributed by atoms with E-state index in [1.165, 1.54) is 0 Å². The molecule has 0 atom stereocenters. The highest BCUT2D eigenvalue weighted by molar-refractivity contribution is 6.04. The Morgan fingerprint density at radius 2 is 1.00 bits per heavy atom. The minimum Gasteiger partial charge on any atom is -0.310 e. The second-order valence-corrected chi connectivity index (χ2v) is 13.9. The molecule has 10 rings (SSSR count). The molecule has 0 fully saturated rings. The summed E-state index contributed by atoms with van der Waals surface area (Å²) in [5, 5.41) is -1.16. The van der Waals surface area contributed by atoms with Crippen LogP contribution < -0.4 is 4.90 Å². The van der Waals surface area contributed by atoms with E-state index in [4.69, 9.17) is 11.0 Å². The Hall–Kier alpha value is -6.96. The van der Waals surface area contributed by atoms with E-state index in [9.17, 15) is 15.1 Å². The normalized spacial score (nSPS) is 17.4. The molecule has 266 valence electrons. The van der Waals surface area contributed by atoms with Crippen molar-refractivity contribution in [2.75, 3.05) is 4.90 Å². The molecule has 0 aliphatic heterocycles. The summed E-state index contributed by atoms with van der Waals surface area (Å²) < 4.78 is 173. The molecule has 0 unspecified atom stereocenters. The van der Waals surface area contributed by atoms with Gasteiger partial charge in [-0.05, 0) is 114 Å². The highest BCUT2D eigenvalue weighted by Crippen LogP contribution is 2.51. The van der Waals surface area contributed by atoms with Crippen molar-refractivity contribution in [3.05, 3.63) is 223 Å². The van der Waals surface area contributed by atoms with Crippen LogP contribution in [0.3, 0.4) is 0 Å². The van der Waals surface area contributed by atoms with E-state index < -0.39 is 164 Å². The summed E-state index contributed by atoms with van der Waals surface area (Å²) >= 11 is 0. The first kappa shape index (κ1) is 19.1. The topological polar surface area (TPSA) is 3.24 Å². The van der Waals surface area contributed by atoms with E-state index in [0.717, 1.165) is 33.4 Å². The number of nitrogens with zero attached hydrogens (tertiary/aromatic N) is 1. The lowest BCUT2D eigenvalue weighted by Crippen LogP contribution is -2.16. The lowest BCUT2D eigenvalue weighted by molar-refractivity contribution is 0.660. The third-order valence-electron chi connectivity index (χ3n) is 10.3. The number of anilines is 3. The Balaban J connectivity index is 1.29. The number of fused-ring (bicyclic) bond motifs is 4. The maximum absolute atomic E-state index is 9.86. The van der Waals surface area contributed by atoms with Crippen molar-refractivity contribution in [2.45, 2.75) is 19.3 Å². The number of hydrogen-bond donors (Lipinski definition) is 0. The van der Waals surface area contributed by atoms with Crippen molar-refractivity contribution in [1.82, 2.24) is 0 Å². The maximum Gasteiger partial charge on any atom is 0.0645 e. The number of rotatable bonds is 7. The highest BCUT2D eigenvalue weighted by atomic mass is 15.1. The van der Waals surface area contributed by atoms with Gasteiger partial charge in [0.25, 0.3) is 0 Å². The van der Waals surface area contributed by atoms with Gasteiger partial charge in [0.05, 0.1) is 26.0 Å². The van der Waals surface area contributed by atoms with Crippen molar-refractivity contribution < 1.29 is 26.0 Å². The predicted molar refractivity (Wildman–Crippen MR) is 238 cm³/mol. The van der Waals surface area contributed by atoms with Crippen LogP contribution in [0.2, 0.25) is 0 Å². The predicted octanol–water partition coefficient (Wildman–Crippen LogP) is 15.3. The van der Waals surface area contributed by atoms with Gasteiger partial charge in [0, 0.05) is 22.5 Å². The van der Waals surface area contributed by atoms with Gasteiger partial charge in [-0.25, -0.2) is 0 Å². The van der Waals surface area contributed by atoms with Crippen LogP contribution in [0.15, 0.2) is 212 Å².